The van der Waals surface area contributed by atoms with E-state index in [9.17, 15) is 19.0 Å². The van der Waals surface area contributed by atoms with Gasteiger partial charge in [-0.2, -0.15) is 0 Å². The lowest BCUT2D eigenvalue weighted by Gasteiger charge is -2.27. The first-order valence-electron chi connectivity index (χ1n) is 35.5. The summed E-state index contributed by atoms with van der Waals surface area (Å²) in [5, 5.41) is 3.06. The number of nitrogens with one attached hydrogen (secondary N) is 1. The average Bonchev–Trinajstić information content (AvgIpc) is 3.70. The van der Waals surface area contributed by atoms with Crippen molar-refractivity contribution < 1.29 is 37.3 Å². The molecule has 0 fully saturated rings. The third kappa shape index (κ3) is 66.4. The zero-order valence-electron chi connectivity index (χ0n) is 57.0. The van der Waals surface area contributed by atoms with Crippen LogP contribution in [0.2, 0.25) is 0 Å². The van der Waals surface area contributed by atoms with E-state index in [4.69, 9.17) is 13.8 Å². The number of nitrogens with zero attached hydrogens (tertiary/aromatic N) is 1. The molecule has 0 aromatic heterocycles. The van der Waals surface area contributed by atoms with Crippen LogP contribution < -0.4 is 5.32 Å². The first kappa shape index (κ1) is 83.2. The molecule has 9 nitrogen and oxygen atoms in total. The number of hydrogen-bond acceptors (Lipinski definition) is 6. The van der Waals surface area contributed by atoms with Crippen molar-refractivity contribution in [2.75, 3.05) is 40.9 Å². The second kappa shape index (κ2) is 65.1. The van der Waals surface area contributed by atoms with E-state index in [2.05, 4.69) is 148 Å². The highest BCUT2D eigenvalue weighted by Gasteiger charge is 2.30. The van der Waals surface area contributed by atoms with Crippen molar-refractivity contribution >= 4 is 19.7 Å². The molecule has 3 atom stereocenters. The zero-order chi connectivity index (χ0) is 63.5. The number of ether oxygens (including phenoxy) is 1. The molecule has 0 bridgehead atoms. The summed E-state index contributed by atoms with van der Waals surface area (Å²) in [7, 11) is 1.46. The Morgan fingerprint density at radius 2 is 0.736 bits per heavy atom. The fourth-order valence-corrected chi connectivity index (χ4v) is 10.4. The van der Waals surface area contributed by atoms with E-state index in [0.29, 0.717) is 23.9 Å². The van der Waals surface area contributed by atoms with Crippen molar-refractivity contribution in [3.8, 4) is 0 Å². The number of phosphoric acid groups is 1. The Kier molecular flexibility index (Phi) is 62.2. The van der Waals surface area contributed by atoms with E-state index < -0.39 is 20.0 Å². The third-order valence-electron chi connectivity index (χ3n) is 15.1. The molecule has 0 saturated carbocycles. The van der Waals surface area contributed by atoms with Gasteiger partial charge in [0.15, 0.2) is 0 Å². The lowest BCUT2D eigenvalue weighted by Crippen LogP contribution is -2.47. The molecule has 2 N–H and O–H groups in total. The number of quaternary nitrogens is 1. The summed E-state index contributed by atoms with van der Waals surface area (Å²) < 4.78 is 30.8. The Hall–Kier alpha value is -3.85. The average molecular weight is 1230 g/mol. The highest BCUT2D eigenvalue weighted by molar-refractivity contribution is 7.47. The molecule has 0 radical (unpaired) electrons. The number of likely N-dealkylation sites (N-methyl/N-ethyl adjacent to an activating group) is 1. The van der Waals surface area contributed by atoms with Gasteiger partial charge in [-0.15, -0.1) is 0 Å². The maximum atomic E-state index is 13.6. The van der Waals surface area contributed by atoms with Gasteiger partial charge in [0.05, 0.1) is 33.8 Å². The van der Waals surface area contributed by atoms with Crippen LogP contribution in [0.1, 0.15) is 290 Å². The first-order chi connectivity index (χ1) is 42.4. The van der Waals surface area contributed by atoms with Gasteiger partial charge in [-0.3, -0.25) is 18.6 Å². The second-order valence-electron chi connectivity index (χ2n) is 24.7. The van der Waals surface area contributed by atoms with E-state index in [1.807, 2.05) is 33.3 Å². The standard InChI is InChI=1S/C77H133N2O7P/c1-7-10-13-16-19-22-25-28-30-32-34-36-38-39-41-42-44-46-48-51-54-57-60-63-66-69-76(80)78-74(73-85-87(82,83)84-72-71-79(4,5)6)75(68-65-62-59-56-53-50-27-24-21-18-15-12-9-3)86-77(81)70-67-64-61-58-55-52-49-47-45-43-40-37-35-33-31-29-26-23-20-17-14-11-8-2/h11,14,19-20,22-23,28-31,34-37,39,41,43,45,49,52,65,68,74-75H,7-10,12-13,15-18,21,24-27,32-33,38,40,42,44,46-48,50-51,53-64,66-67,69-73H2,1-6H3,(H-,78,80,82,83)/p+1/b14-11-,22-19-,23-20-,30-28-,31-29-,36-34-,37-35-,41-39-,45-43-,52-49-,68-65+. The molecular formula is C77H134N2O7P+. The lowest BCUT2D eigenvalue weighted by atomic mass is 10.0. The lowest BCUT2D eigenvalue weighted by molar-refractivity contribution is -0.870. The van der Waals surface area contributed by atoms with Crippen LogP contribution in [0.25, 0.3) is 0 Å². The van der Waals surface area contributed by atoms with Crippen molar-refractivity contribution in [3.05, 3.63) is 134 Å². The summed E-state index contributed by atoms with van der Waals surface area (Å²) in [5.41, 5.74) is 0. The highest BCUT2D eigenvalue weighted by atomic mass is 31.2. The minimum Gasteiger partial charge on any atom is -0.456 e. The van der Waals surface area contributed by atoms with Crippen molar-refractivity contribution in [2.45, 2.75) is 303 Å². The normalized spacial score (nSPS) is 14.3. The molecule has 0 heterocycles. The monoisotopic (exact) mass is 1230 g/mol. The smallest absolute Gasteiger partial charge is 0.456 e. The number of carbonyl (C=O) groups excluding carboxylic acids is 2. The number of unbranched alkanes of at least 4 members (excludes halogenated alkanes) is 27. The quantitative estimate of drug-likeness (QED) is 0.0205. The van der Waals surface area contributed by atoms with Crippen LogP contribution >= 0.6 is 7.82 Å². The number of carbonyl (C=O) groups is 2. The molecule has 0 aliphatic carbocycles. The molecule has 0 aromatic carbocycles. The van der Waals surface area contributed by atoms with Gasteiger partial charge < -0.3 is 19.4 Å². The van der Waals surface area contributed by atoms with Crippen molar-refractivity contribution in [3.63, 3.8) is 0 Å². The van der Waals surface area contributed by atoms with E-state index in [0.717, 1.165) is 135 Å². The molecule has 0 aliphatic heterocycles. The maximum Gasteiger partial charge on any atom is 0.472 e. The molecule has 0 aliphatic rings. The Labute approximate surface area is 536 Å². The van der Waals surface area contributed by atoms with Crippen LogP contribution in [0.4, 0.5) is 0 Å². The predicted octanol–water partition coefficient (Wildman–Crippen LogP) is 22.8. The molecule has 87 heavy (non-hydrogen) atoms. The van der Waals surface area contributed by atoms with Crippen LogP contribution in [-0.4, -0.2) is 74.3 Å². The molecule has 0 aromatic rings. The maximum absolute atomic E-state index is 13.6. The van der Waals surface area contributed by atoms with Gasteiger partial charge in [0.2, 0.25) is 5.91 Å². The van der Waals surface area contributed by atoms with Gasteiger partial charge in [-0.1, -0.05) is 283 Å². The number of esters is 1. The van der Waals surface area contributed by atoms with Crippen LogP contribution in [-0.2, 0) is 27.9 Å². The molecule has 498 valence electrons. The predicted molar refractivity (Wildman–Crippen MR) is 378 cm³/mol. The molecule has 0 rings (SSSR count). The fraction of sp³-hybridized carbons (Fsp3) is 0.688. The Morgan fingerprint density at radius 3 is 1.13 bits per heavy atom. The number of amides is 1. The molecule has 1 amide bonds. The molecule has 3 unspecified atom stereocenters. The third-order valence-corrected chi connectivity index (χ3v) is 16.1. The summed E-state index contributed by atoms with van der Waals surface area (Å²) in [6, 6.07) is -0.874. The van der Waals surface area contributed by atoms with E-state index in [1.165, 1.54) is 116 Å². The second-order valence-corrected chi connectivity index (χ2v) is 26.1. The molecular weight excluding hydrogens is 1100 g/mol. The minimum absolute atomic E-state index is 0.0275. The van der Waals surface area contributed by atoms with Gasteiger partial charge in [0.1, 0.15) is 19.3 Å². The topological polar surface area (TPSA) is 111 Å². The van der Waals surface area contributed by atoms with Crippen molar-refractivity contribution in [2.24, 2.45) is 0 Å². The molecule has 0 saturated heterocycles. The Bertz CT molecular complexity index is 1950. The van der Waals surface area contributed by atoms with Crippen molar-refractivity contribution in [1.29, 1.82) is 0 Å². The van der Waals surface area contributed by atoms with Crippen LogP contribution in [0.15, 0.2) is 134 Å². The van der Waals surface area contributed by atoms with Crippen LogP contribution in [0.3, 0.4) is 0 Å². The van der Waals surface area contributed by atoms with E-state index in [-0.39, 0.29) is 31.5 Å². The van der Waals surface area contributed by atoms with Crippen LogP contribution in [0, 0.1) is 0 Å². The summed E-state index contributed by atoms with van der Waals surface area (Å²) in [5.74, 6) is -0.545. The van der Waals surface area contributed by atoms with Gasteiger partial charge >= 0.3 is 13.8 Å². The molecule has 10 heteroatoms. The fourth-order valence-electron chi connectivity index (χ4n) is 9.63. The Balaban J connectivity index is 5.21. The minimum atomic E-state index is -4.47. The largest absolute Gasteiger partial charge is 0.472 e. The van der Waals surface area contributed by atoms with Crippen molar-refractivity contribution in [1.82, 2.24) is 5.32 Å². The van der Waals surface area contributed by atoms with Crippen LogP contribution in [0.5, 0.6) is 0 Å². The van der Waals surface area contributed by atoms with Gasteiger partial charge in [0, 0.05) is 12.8 Å². The van der Waals surface area contributed by atoms with Gasteiger partial charge in [0.25, 0.3) is 0 Å². The number of allylic oxidation sites excluding steroid dienone is 21. The highest BCUT2D eigenvalue weighted by Crippen LogP contribution is 2.43. The summed E-state index contributed by atoms with van der Waals surface area (Å²) in [4.78, 5) is 37.9. The summed E-state index contributed by atoms with van der Waals surface area (Å²) in [6.45, 7) is 6.85. The summed E-state index contributed by atoms with van der Waals surface area (Å²) in [6.07, 6.45) is 93.1. The number of phosphoric ester groups is 1. The zero-order valence-corrected chi connectivity index (χ0v) is 57.9. The summed E-state index contributed by atoms with van der Waals surface area (Å²) >= 11 is 0. The SMILES string of the molecule is CC/C=C\C/C=C\C/C=C\C/C=C\C/C=C\C/C=C\CCCCCCC(=O)OC(/C=C/CCCCCCCCCCCCC)C(COP(=O)(O)OCC[N+](C)(C)C)NC(=O)CCCCCCCCCCC/C=C\C/C=C\C/C=C\C/C=C\CCCCC. The number of hydrogen-bond donors (Lipinski definition) is 2. The molecule has 0 spiro atoms. The van der Waals surface area contributed by atoms with E-state index >= 15 is 0 Å². The first-order valence-corrected chi connectivity index (χ1v) is 37.0. The van der Waals surface area contributed by atoms with Gasteiger partial charge in [-0.25, -0.2) is 4.57 Å². The Morgan fingerprint density at radius 1 is 0.414 bits per heavy atom. The van der Waals surface area contributed by atoms with E-state index in [1.54, 1.807) is 0 Å². The van der Waals surface area contributed by atoms with Gasteiger partial charge in [-0.05, 0) is 128 Å². The number of rotatable bonds is 63.